The number of carbonyl (C=O) groups excluding carboxylic acids is 1. The summed E-state index contributed by atoms with van der Waals surface area (Å²) in [6.07, 6.45) is 5.86. The summed E-state index contributed by atoms with van der Waals surface area (Å²) in [5.74, 6) is 0.462. The van der Waals surface area contributed by atoms with Crippen molar-refractivity contribution in [1.29, 1.82) is 0 Å². The van der Waals surface area contributed by atoms with Crippen molar-refractivity contribution in [1.82, 2.24) is 20.0 Å². The van der Waals surface area contributed by atoms with Crippen LogP contribution in [0.5, 0.6) is 0 Å². The number of aromatic nitrogens is 3. The van der Waals surface area contributed by atoms with Crippen LogP contribution < -0.4 is 11.1 Å². The molecule has 1 aliphatic carbocycles. The van der Waals surface area contributed by atoms with Gasteiger partial charge in [0.05, 0.1) is 5.69 Å². The van der Waals surface area contributed by atoms with Gasteiger partial charge in [-0.3, -0.25) is 4.79 Å². The van der Waals surface area contributed by atoms with Crippen LogP contribution in [0.3, 0.4) is 0 Å². The second-order valence-electron chi connectivity index (χ2n) is 4.65. The number of nitrogens with two attached hydrogens (primary N) is 1. The highest BCUT2D eigenvalue weighted by atomic mass is 16.5. The number of nitrogens with zero attached hydrogens (tertiary/aromatic N) is 3. The lowest BCUT2D eigenvalue weighted by molar-refractivity contribution is 0.0944. The average Bonchev–Trinajstić information content (AvgIpc) is 2.96. The van der Waals surface area contributed by atoms with Crippen molar-refractivity contribution in [2.45, 2.75) is 25.3 Å². The van der Waals surface area contributed by atoms with Crippen molar-refractivity contribution < 1.29 is 9.32 Å². The molecule has 1 saturated carbocycles. The molecule has 3 N–H and O–H groups in total. The fourth-order valence-electron chi connectivity index (χ4n) is 2.02. The first kappa shape index (κ1) is 11.8. The standard InChI is InChI=1S/C12H15N5O2/c13-8-5-10(17(6-8)9-1-2-9)12(18)14-4-3-11-15-7-19-16-11/h5-7,9H,1-4,13H2,(H,14,18). The lowest BCUT2D eigenvalue weighted by Crippen LogP contribution is -2.27. The van der Waals surface area contributed by atoms with Crippen LogP contribution in [0.4, 0.5) is 5.69 Å². The first-order chi connectivity index (χ1) is 9.24. The third-order valence-corrected chi connectivity index (χ3v) is 3.08. The van der Waals surface area contributed by atoms with Crippen molar-refractivity contribution in [3.63, 3.8) is 0 Å². The van der Waals surface area contributed by atoms with Gasteiger partial charge in [-0.1, -0.05) is 5.16 Å². The van der Waals surface area contributed by atoms with E-state index in [1.54, 1.807) is 6.07 Å². The molecule has 0 bridgehead atoms. The Morgan fingerprint density at radius 1 is 1.58 bits per heavy atom. The molecule has 0 radical (unpaired) electrons. The number of carbonyl (C=O) groups is 1. The maximum atomic E-state index is 12.1. The van der Waals surface area contributed by atoms with Gasteiger partial charge in [0.15, 0.2) is 5.82 Å². The van der Waals surface area contributed by atoms with Crippen LogP contribution in [-0.2, 0) is 6.42 Å². The van der Waals surface area contributed by atoms with Gasteiger partial charge in [0, 0.05) is 25.2 Å². The molecular weight excluding hydrogens is 246 g/mol. The molecule has 7 nitrogen and oxygen atoms in total. The normalized spacial score (nSPS) is 14.5. The largest absolute Gasteiger partial charge is 0.397 e. The summed E-state index contributed by atoms with van der Waals surface area (Å²) in [7, 11) is 0. The number of nitrogen functional groups attached to an aromatic ring is 1. The molecule has 1 aliphatic rings. The van der Waals surface area contributed by atoms with Crippen molar-refractivity contribution >= 4 is 11.6 Å². The van der Waals surface area contributed by atoms with E-state index in [2.05, 4.69) is 20.0 Å². The number of amides is 1. The van der Waals surface area contributed by atoms with Crippen LogP contribution in [0.25, 0.3) is 0 Å². The second kappa shape index (κ2) is 4.75. The SMILES string of the molecule is Nc1cc(C(=O)NCCc2ncon2)n(C2CC2)c1. The summed E-state index contributed by atoms with van der Waals surface area (Å²) in [4.78, 5) is 16.0. The second-order valence-corrected chi connectivity index (χ2v) is 4.65. The molecule has 0 saturated heterocycles. The van der Waals surface area contributed by atoms with Crippen LogP contribution in [0, 0.1) is 0 Å². The first-order valence-corrected chi connectivity index (χ1v) is 6.25. The Bertz CT molecular complexity index is 571. The molecule has 1 amide bonds. The molecule has 7 heteroatoms. The van der Waals surface area contributed by atoms with E-state index in [4.69, 9.17) is 5.73 Å². The first-order valence-electron chi connectivity index (χ1n) is 6.25. The van der Waals surface area contributed by atoms with Crippen molar-refractivity contribution in [3.8, 4) is 0 Å². The zero-order valence-electron chi connectivity index (χ0n) is 10.4. The summed E-state index contributed by atoms with van der Waals surface area (Å²) in [5, 5.41) is 6.52. The Morgan fingerprint density at radius 2 is 2.42 bits per heavy atom. The van der Waals surface area contributed by atoms with E-state index in [-0.39, 0.29) is 5.91 Å². The average molecular weight is 261 g/mol. The van der Waals surface area contributed by atoms with Crippen LogP contribution in [-0.4, -0.2) is 27.2 Å². The maximum Gasteiger partial charge on any atom is 0.268 e. The molecule has 2 heterocycles. The molecule has 1 fully saturated rings. The van der Waals surface area contributed by atoms with Gasteiger partial charge in [0.2, 0.25) is 6.39 Å². The highest BCUT2D eigenvalue weighted by molar-refractivity contribution is 5.93. The van der Waals surface area contributed by atoms with Crippen LogP contribution >= 0.6 is 0 Å². The van der Waals surface area contributed by atoms with E-state index in [0.717, 1.165) is 12.8 Å². The van der Waals surface area contributed by atoms with E-state index in [9.17, 15) is 4.79 Å². The Labute approximate surface area is 109 Å². The lowest BCUT2D eigenvalue weighted by atomic mass is 10.3. The van der Waals surface area contributed by atoms with Gasteiger partial charge in [0.1, 0.15) is 5.69 Å². The molecule has 19 heavy (non-hydrogen) atoms. The van der Waals surface area contributed by atoms with Gasteiger partial charge in [-0.25, -0.2) is 0 Å². The van der Waals surface area contributed by atoms with E-state index >= 15 is 0 Å². The van der Waals surface area contributed by atoms with Gasteiger partial charge in [-0.15, -0.1) is 0 Å². The zero-order chi connectivity index (χ0) is 13.2. The monoisotopic (exact) mass is 261 g/mol. The van der Waals surface area contributed by atoms with Crippen LogP contribution in [0.1, 0.15) is 35.2 Å². The summed E-state index contributed by atoms with van der Waals surface area (Å²) in [6, 6.07) is 2.14. The molecule has 3 rings (SSSR count). The maximum absolute atomic E-state index is 12.1. The minimum atomic E-state index is -0.118. The van der Waals surface area contributed by atoms with Gasteiger partial charge in [-0.05, 0) is 18.9 Å². The van der Waals surface area contributed by atoms with Crippen molar-refractivity contribution in [2.24, 2.45) is 0 Å². The van der Waals surface area contributed by atoms with E-state index < -0.39 is 0 Å². The van der Waals surface area contributed by atoms with Gasteiger partial charge < -0.3 is 20.1 Å². The Morgan fingerprint density at radius 3 is 3.11 bits per heavy atom. The molecule has 100 valence electrons. The molecular formula is C12H15N5O2. The number of hydrogen-bond donors (Lipinski definition) is 2. The summed E-state index contributed by atoms with van der Waals surface area (Å²) in [6.45, 7) is 0.466. The number of nitrogens with one attached hydrogen (secondary N) is 1. The lowest BCUT2D eigenvalue weighted by Gasteiger charge is -2.07. The van der Waals surface area contributed by atoms with Gasteiger partial charge in [0.25, 0.3) is 5.91 Å². The zero-order valence-corrected chi connectivity index (χ0v) is 10.4. The third kappa shape index (κ3) is 2.59. The van der Waals surface area contributed by atoms with E-state index in [1.165, 1.54) is 6.39 Å². The summed E-state index contributed by atoms with van der Waals surface area (Å²) >= 11 is 0. The van der Waals surface area contributed by atoms with Crippen molar-refractivity contribution in [2.75, 3.05) is 12.3 Å². The fraction of sp³-hybridized carbons (Fsp3) is 0.417. The van der Waals surface area contributed by atoms with Crippen LogP contribution in [0.15, 0.2) is 23.2 Å². The number of rotatable bonds is 5. The van der Waals surface area contributed by atoms with Crippen molar-refractivity contribution in [3.05, 3.63) is 30.2 Å². The smallest absolute Gasteiger partial charge is 0.268 e. The number of hydrogen-bond acceptors (Lipinski definition) is 5. The number of anilines is 1. The molecule has 0 spiro atoms. The molecule has 0 aliphatic heterocycles. The Hall–Kier alpha value is -2.31. The predicted molar refractivity (Wildman–Crippen MR) is 67.5 cm³/mol. The summed E-state index contributed by atoms with van der Waals surface area (Å²) in [5.41, 5.74) is 6.99. The Balaban J connectivity index is 1.60. The van der Waals surface area contributed by atoms with Gasteiger partial charge in [-0.2, -0.15) is 4.98 Å². The van der Waals surface area contributed by atoms with Gasteiger partial charge >= 0.3 is 0 Å². The Kier molecular flexibility index (Phi) is 2.94. The topological polar surface area (TPSA) is 99.0 Å². The molecule has 2 aromatic rings. The molecule has 0 unspecified atom stereocenters. The summed E-state index contributed by atoms with van der Waals surface area (Å²) < 4.78 is 6.58. The molecule has 2 aromatic heterocycles. The highest BCUT2D eigenvalue weighted by Crippen LogP contribution is 2.37. The minimum Gasteiger partial charge on any atom is -0.397 e. The predicted octanol–water partition coefficient (Wildman–Crippen LogP) is 0.761. The highest BCUT2D eigenvalue weighted by Gasteiger charge is 2.27. The van der Waals surface area contributed by atoms with E-state index in [1.807, 2.05) is 10.8 Å². The molecule has 0 aromatic carbocycles. The third-order valence-electron chi connectivity index (χ3n) is 3.08. The quantitative estimate of drug-likeness (QED) is 0.827. The fourth-order valence-corrected chi connectivity index (χ4v) is 2.02. The molecule has 0 atom stereocenters. The van der Waals surface area contributed by atoms with Crippen LogP contribution in [0.2, 0.25) is 0 Å². The minimum absolute atomic E-state index is 0.118. The van der Waals surface area contributed by atoms with E-state index in [0.29, 0.717) is 36.2 Å².